The molecule has 0 heterocycles. The molecule has 3 rings (SSSR count). The van der Waals surface area contributed by atoms with Crippen LogP contribution in [0.3, 0.4) is 0 Å². The van der Waals surface area contributed by atoms with Gasteiger partial charge in [-0.15, -0.1) is 0 Å². The normalized spacial score (nSPS) is 12.8. The second-order valence-electron chi connectivity index (χ2n) is 41.9. The molecule has 0 radical (unpaired) electrons. The van der Waals surface area contributed by atoms with Crippen LogP contribution in [0.2, 0.25) is 0 Å². The van der Waals surface area contributed by atoms with Crippen molar-refractivity contribution in [3.8, 4) is 17.2 Å². The summed E-state index contributed by atoms with van der Waals surface area (Å²) in [5.74, 6) is 1.26. The van der Waals surface area contributed by atoms with E-state index < -0.39 is 0 Å². The summed E-state index contributed by atoms with van der Waals surface area (Å²) in [7, 11) is 0. The molecule has 0 aliphatic carbocycles. The van der Waals surface area contributed by atoms with Crippen molar-refractivity contribution in [3.05, 3.63) is 92.5 Å². The van der Waals surface area contributed by atoms with Gasteiger partial charge in [0.15, 0.2) is 0 Å². The minimum Gasteiger partial charge on any atom is -0.508 e. The molecule has 0 aliphatic heterocycles. The zero-order valence-corrected chi connectivity index (χ0v) is 82.9. The molecule has 3 aromatic rings. The van der Waals surface area contributed by atoms with Crippen LogP contribution in [0.15, 0.2) is 42.5 Å². The highest BCUT2D eigenvalue weighted by Gasteiger charge is 2.59. The van der Waals surface area contributed by atoms with Gasteiger partial charge < -0.3 is 15.3 Å². The van der Waals surface area contributed by atoms with Crippen LogP contribution in [0.1, 0.15) is 615 Å². The lowest BCUT2D eigenvalue weighted by atomic mass is 9.42. The van der Waals surface area contributed by atoms with Crippen molar-refractivity contribution in [2.24, 2.45) is 10.8 Å². The number of benzene rings is 3. The van der Waals surface area contributed by atoms with Gasteiger partial charge in [-0.3, -0.25) is 0 Å². The van der Waals surface area contributed by atoms with E-state index in [4.69, 9.17) is 0 Å². The molecule has 0 saturated carbocycles. The van der Waals surface area contributed by atoms with Gasteiger partial charge in [-0.25, -0.2) is 0 Å². The Balaban J connectivity index is 2.70. The third-order valence-corrected chi connectivity index (χ3v) is 29.4. The fourth-order valence-electron chi connectivity index (χ4n) is 21.6. The van der Waals surface area contributed by atoms with Gasteiger partial charge in [-0.05, 0) is 161 Å². The van der Waals surface area contributed by atoms with E-state index in [1.165, 1.54) is 479 Å². The fourth-order valence-corrected chi connectivity index (χ4v) is 21.6. The van der Waals surface area contributed by atoms with Gasteiger partial charge in [0.2, 0.25) is 0 Å². The summed E-state index contributed by atoms with van der Waals surface area (Å²) in [6, 6.07) is 13.7. The molecule has 3 nitrogen and oxygen atoms in total. The maximum absolute atomic E-state index is 14.2. The SMILES string of the molecule is CCCCCCCCCCCCCC(CCCCCCCCCCCCC)(CCCCCCCCCCCCC)C(C)(c1cc(C(C)C=C(c2cc(C(C)(C)C)c(O)cc2C)c2cc(C(C)(C)C)c(O)cc2C)c(C)cc1O)C(CCCCCCCCCCCCC)(CCCCCCCCCCCCC)CCCCCCCCCCCCC. The molecule has 3 aromatic carbocycles. The van der Waals surface area contributed by atoms with Gasteiger partial charge in [-0.1, -0.05) is 533 Å². The molecular weight excluding hydrogens is 1430 g/mol. The monoisotopic (exact) mass is 1640 g/mol. The van der Waals surface area contributed by atoms with Gasteiger partial charge in [0, 0.05) is 16.9 Å². The minimum absolute atomic E-state index is 0.0224. The Morgan fingerprint density at radius 3 is 0.619 bits per heavy atom. The molecule has 0 fully saturated rings. The van der Waals surface area contributed by atoms with E-state index in [0.717, 1.165) is 39.0 Å². The number of aromatic hydroxyl groups is 3. The molecule has 0 saturated heterocycles. The average Bonchev–Trinajstić information content (AvgIpc) is 0.705. The number of hydrogen-bond acceptors (Lipinski definition) is 3. The lowest BCUT2D eigenvalue weighted by Crippen LogP contribution is -2.56. The summed E-state index contributed by atoms with van der Waals surface area (Å²) in [6.07, 6.45) is 100. The first kappa shape index (κ1) is 109. The quantitative estimate of drug-likeness (QED) is 0.0494. The number of rotatable bonds is 79. The Labute approximate surface area is 739 Å². The zero-order valence-electron chi connectivity index (χ0n) is 82.9. The topological polar surface area (TPSA) is 60.7 Å². The third kappa shape index (κ3) is 43.1. The Morgan fingerprint density at radius 2 is 0.424 bits per heavy atom. The Morgan fingerprint density at radius 1 is 0.246 bits per heavy atom. The average molecular weight is 1640 g/mol. The summed E-state index contributed by atoms with van der Waals surface area (Å²) in [5, 5.41) is 38.0. The highest BCUT2D eigenvalue weighted by molar-refractivity contribution is 5.85. The van der Waals surface area contributed by atoms with E-state index in [9.17, 15) is 15.3 Å². The van der Waals surface area contributed by atoms with Gasteiger partial charge in [-0.2, -0.15) is 0 Å². The van der Waals surface area contributed by atoms with E-state index in [-0.39, 0.29) is 33.0 Å². The Bertz CT molecular complexity index is 2630. The van der Waals surface area contributed by atoms with Gasteiger partial charge >= 0.3 is 0 Å². The number of hydrogen-bond donors (Lipinski definition) is 3. The van der Waals surface area contributed by atoms with Crippen LogP contribution in [0.5, 0.6) is 17.2 Å². The van der Waals surface area contributed by atoms with Crippen LogP contribution in [-0.4, -0.2) is 15.3 Å². The van der Waals surface area contributed by atoms with Crippen LogP contribution >= 0.6 is 0 Å². The molecule has 0 aliphatic rings. The first-order valence-electron chi connectivity index (χ1n) is 53.2. The second-order valence-corrected chi connectivity index (χ2v) is 41.9. The molecule has 0 spiro atoms. The number of aryl methyl sites for hydroxylation is 3. The molecule has 1 unspecified atom stereocenters. The number of allylic oxidation sites excluding steroid dienone is 1. The van der Waals surface area contributed by atoms with Gasteiger partial charge in [0.05, 0.1) is 0 Å². The lowest BCUT2D eigenvalue weighted by molar-refractivity contribution is -0.0536. The van der Waals surface area contributed by atoms with Crippen LogP contribution in [-0.2, 0) is 16.2 Å². The third-order valence-electron chi connectivity index (χ3n) is 29.4. The molecular formula is C115H206O3. The minimum atomic E-state index is -0.325. The van der Waals surface area contributed by atoms with Crippen molar-refractivity contribution >= 4 is 5.57 Å². The first-order valence-corrected chi connectivity index (χ1v) is 53.2. The van der Waals surface area contributed by atoms with Crippen LogP contribution in [0, 0.1) is 31.6 Å². The summed E-state index contributed by atoms with van der Waals surface area (Å²) in [4.78, 5) is 0. The molecule has 0 bridgehead atoms. The zero-order chi connectivity index (χ0) is 86.4. The van der Waals surface area contributed by atoms with Crippen molar-refractivity contribution in [2.75, 3.05) is 0 Å². The largest absolute Gasteiger partial charge is 0.508 e. The molecule has 0 aromatic heterocycles. The number of phenols is 3. The summed E-state index contributed by atoms with van der Waals surface area (Å²) >= 11 is 0. The van der Waals surface area contributed by atoms with E-state index in [1.807, 2.05) is 12.1 Å². The molecule has 3 N–H and O–H groups in total. The predicted molar refractivity (Wildman–Crippen MR) is 530 cm³/mol. The maximum atomic E-state index is 14.2. The highest BCUT2D eigenvalue weighted by atomic mass is 16.3. The predicted octanol–water partition coefficient (Wildman–Crippen LogP) is 40.0. The van der Waals surface area contributed by atoms with E-state index in [0.29, 0.717) is 17.2 Å². The smallest absolute Gasteiger partial charge is 0.119 e. The van der Waals surface area contributed by atoms with E-state index in [1.54, 1.807) is 0 Å². The summed E-state index contributed by atoms with van der Waals surface area (Å²) < 4.78 is 0. The Hall–Kier alpha value is -3.20. The van der Waals surface area contributed by atoms with Crippen molar-refractivity contribution in [2.45, 2.75) is 602 Å². The Kier molecular flexibility index (Phi) is 61.2. The summed E-state index contributed by atoms with van der Waals surface area (Å²) in [6.45, 7) is 39.6. The first-order chi connectivity index (χ1) is 57.0. The maximum Gasteiger partial charge on any atom is 0.119 e. The van der Waals surface area contributed by atoms with E-state index >= 15 is 0 Å². The lowest BCUT2D eigenvalue weighted by Gasteiger charge is -2.61. The number of unbranched alkanes of at least 4 members (excludes halogenated alkanes) is 60. The highest BCUT2D eigenvalue weighted by Crippen LogP contribution is 2.67. The van der Waals surface area contributed by atoms with Crippen LogP contribution in [0.25, 0.3) is 5.57 Å². The molecule has 3 heteroatoms. The van der Waals surface area contributed by atoms with Crippen molar-refractivity contribution in [3.63, 3.8) is 0 Å². The van der Waals surface area contributed by atoms with Gasteiger partial charge in [0.1, 0.15) is 17.2 Å². The molecule has 684 valence electrons. The standard InChI is InChI=1S/C115H206O3/c1-18-24-30-36-42-48-54-60-66-72-78-84-114(85-79-73-67-61-55-49-43-37-31-25-19-2,86-80-74-68-62-56-50-44-38-32-26-20-3)113(17,107-94-101(98(8)91-110(107)118)97(7)90-104(102-95-105(111(11,12)13)108(116)92-99(102)9)103-96-106(112(14,15)16)109(117)93-100(103)10)115(87-81-75-69-63-57-51-45-39-33-27-21-4,88-82-76-70-64-58-52-46-40-34-28-22-5)89-83-77-71-65-59-53-47-41-35-29-23-6/h90-97,116-118H,18-89H2,1-17H3. The molecule has 118 heavy (non-hydrogen) atoms. The van der Waals surface area contributed by atoms with Crippen molar-refractivity contribution in [1.82, 2.24) is 0 Å². The molecule has 1 atom stereocenters. The van der Waals surface area contributed by atoms with E-state index in [2.05, 4.69) is 148 Å². The summed E-state index contributed by atoms with van der Waals surface area (Å²) in [5.41, 5.74) is 10.3. The van der Waals surface area contributed by atoms with Crippen molar-refractivity contribution in [1.29, 1.82) is 0 Å². The number of phenolic OH excluding ortho intramolecular Hbond substituents is 3. The molecule has 0 amide bonds. The van der Waals surface area contributed by atoms with Crippen LogP contribution in [0.4, 0.5) is 0 Å². The van der Waals surface area contributed by atoms with Gasteiger partial charge in [0.25, 0.3) is 0 Å². The fraction of sp³-hybridized carbons (Fsp3) is 0.826. The van der Waals surface area contributed by atoms with Crippen LogP contribution < -0.4 is 0 Å². The van der Waals surface area contributed by atoms with Crippen molar-refractivity contribution < 1.29 is 15.3 Å². The second kappa shape index (κ2) is 66.3.